The fourth-order valence-electron chi connectivity index (χ4n) is 3.92. The number of hydrogen-bond donors (Lipinski definition) is 1. The lowest BCUT2D eigenvalue weighted by Crippen LogP contribution is -2.53. The predicted molar refractivity (Wildman–Crippen MR) is 96.2 cm³/mol. The second-order valence-corrected chi connectivity index (χ2v) is 7.34. The Bertz CT molecular complexity index is 859. The van der Waals surface area contributed by atoms with E-state index in [4.69, 9.17) is 9.47 Å². The number of likely N-dealkylation sites (tertiary alicyclic amines) is 1. The van der Waals surface area contributed by atoms with Crippen molar-refractivity contribution in [2.45, 2.75) is 24.9 Å². The minimum atomic E-state index is -0.631. The number of methoxy groups -OCH3 is 1. The van der Waals surface area contributed by atoms with Gasteiger partial charge in [-0.15, -0.1) is 0 Å². The van der Waals surface area contributed by atoms with Crippen molar-refractivity contribution < 1.29 is 28.7 Å². The Labute approximate surface area is 161 Å². The lowest BCUT2D eigenvalue weighted by Gasteiger charge is -2.44. The fraction of sp³-hybridized carbons (Fsp3) is 0.474. The van der Waals surface area contributed by atoms with Gasteiger partial charge in [-0.3, -0.25) is 19.7 Å². The van der Waals surface area contributed by atoms with E-state index >= 15 is 0 Å². The quantitative estimate of drug-likeness (QED) is 0.761. The van der Waals surface area contributed by atoms with Gasteiger partial charge in [-0.2, -0.15) is 0 Å². The number of rotatable bonds is 3. The van der Waals surface area contributed by atoms with Crippen molar-refractivity contribution in [1.29, 1.82) is 0 Å². The zero-order chi connectivity index (χ0) is 19.9. The van der Waals surface area contributed by atoms with Crippen LogP contribution < -0.4 is 14.8 Å². The normalized spacial score (nSPS) is 20.7. The monoisotopic (exact) mass is 387 g/mol. The molecule has 3 aliphatic heterocycles. The van der Waals surface area contributed by atoms with E-state index in [1.165, 1.54) is 4.90 Å². The zero-order valence-corrected chi connectivity index (χ0v) is 15.5. The molecule has 0 bridgehead atoms. The third kappa shape index (κ3) is 3.28. The van der Waals surface area contributed by atoms with E-state index in [0.29, 0.717) is 43.0 Å². The third-order valence-corrected chi connectivity index (χ3v) is 5.52. The molecule has 0 atom stereocenters. The summed E-state index contributed by atoms with van der Waals surface area (Å²) in [5, 5.41) is 2.15. The van der Waals surface area contributed by atoms with Gasteiger partial charge in [-0.25, -0.2) is 4.79 Å². The number of urea groups is 1. The average Bonchev–Trinajstić information content (AvgIpc) is 2.98. The van der Waals surface area contributed by atoms with Crippen LogP contribution in [0.15, 0.2) is 18.2 Å². The smallest absolute Gasteiger partial charge is 0.325 e. The highest BCUT2D eigenvalue weighted by atomic mass is 16.5. The molecule has 9 heteroatoms. The minimum absolute atomic E-state index is 0.0240. The number of Topliss-reactive ketones (excluding diaryl/α,β-unsaturated/α-hetero) is 1. The third-order valence-electron chi connectivity index (χ3n) is 5.52. The van der Waals surface area contributed by atoms with E-state index in [-0.39, 0.29) is 31.2 Å². The molecule has 3 heterocycles. The Morgan fingerprint density at radius 1 is 1.25 bits per heavy atom. The highest BCUT2D eigenvalue weighted by molar-refractivity contribution is 6.03. The van der Waals surface area contributed by atoms with Gasteiger partial charge in [0.05, 0.1) is 19.1 Å². The molecule has 0 aromatic heterocycles. The summed E-state index contributed by atoms with van der Waals surface area (Å²) in [6.45, 7) is 0.618. The SMILES string of the molecule is COc1ccc2c(c1)OC1(CCN(C(=O)CN3CC(=O)NC3=O)CC1)CC2=O. The van der Waals surface area contributed by atoms with Crippen molar-refractivity contribution in [2.24, 2.45) is 0 Å². The standard InChI is InChI=1S/C19H21N3O6/c1-27-12-2-3-13-14(23)9-19(28-15(13)8-12)4-6-21(7-5-19)17(25)11-22-10-16(24)20-18(22)26/h2-3,8H,4-7,9-11H2,1H3,(H,20,24,26). The number of nitrogens with zero attached hydrogens (tertiary/aromatic N) is 2. The number of carbonyl (C=O) groups is 4. The molecule has 4 rings (SSSR count). The van der Waals surface area contributed by atoms with Crippen molar-refractivity contribution in [3.8, 4) is 11.5 Å². The molecule has 0 unspecified atom stereocenters. The Balaban J connectivity index is 1.40. The van der Waals surface area contributed by atoms with Crippen molar-refractivity contribution in [2.75, 3.05) is 33.3 Å². The van der Waals surface area contributed by atoms with Gasteiger partial charge in [0.25, 0.3) is 0 Å². The molecule has 1 aromatic rings. The van der Waals surface area contributed by atoms with Crippen LogP contribution in [-0.4, -0.2) is 72.3 Å². The van der Waals surface area contributed by atoms with Crippen LogP contribution in [0.1, 0.15) is 29.6 Å². The van der Waals surface area contributed by atoms with E-state index in [2.05, 4.69) is 5.32 Å². The van der Waals surface area contributed by atoms with Crippen molar-refractivity contribution in [3.05, 3.63) is 23.8 Å². The van der Waals surface area contributed by atoms with Crippen molar-refractivity contribution in [3.63, 3.8) is 0 Å². The van der Waals surface area contributed by atoms with Gasteiger partial charge >= 0.3 is 6.03 Å². The number of ether oxygens (including phenoxy) is 2. The molecule has 1 aromatic carbocycles. The highest BCUT2D eigenvalue weighted by Crippen LogP contribution is 2.40. The van der Waals surface area contributed by atoms with Crippen LogP contribution in [-0.2, 0) is 9.59 Å². The largest absolute Gasteiger partial charge is 0.497 e. The Hall–Kier alpha value is -3.10. The predicted octanol–water partition coefficient (Wildman–Crippen LogP) is 0.573. The summed E-state index contributed by atoms with van der Waals surface area (Å²) < 4.78 is 11.4. The van der Waals surface area contributed by atoms with Gasteiger partial charge in [0, 0.05) is 32.0 Å². The second-order valence-electron chi connectivity index (χ2n) is 7.34. The van der Waals surface area contributed by atoms with E-state index in [1.807, 2.05) is 0 Å². The summed E-state index contributed by atoms with van der Waals surface area (Å²) in [6, 6.07) is 4.62. The number of fused-ring (bicyclic) bond motifs is 1. The maximum atomic E-state index is 12.6. The number of ketones is 1. The molecule has 28 heavy (non-hydrogen) atoms. The number of nitrogens with one attached hydrogen (secondary N) is 1. The number of piperidine rings is 1. The first-order chi connectivity index (χ1) is 13.4. The molecule has 2 saturated heterocycles. The Morgan fingerprint density at radius 3 is 2.64 bits per heavy atom. The van der Waals surface area contributed by atoms with Gasteiger partial charge < -0.3 is 19.3 Å². The number of benzene rings is 1. The number of imide groups is 1. The Kier molecular flexibility index (Phi) is 4.44. The molecule has 3 aliphatic rings. The molecular weight excluding hydrogens is 366 g/mol. The summed E-state index contributed by atoms with van der Waals surface area (Å²) in [7, 11) is 1.56. The first kappa shape index (κ1) is 18.3. The summed E-state index contributed by atoms with van der Waals surface area (Å²) in [5.74, 6) is 0.538. The van der Waals surface area contributed by atoms with Crippen LogP contribution in [0.4, 0.5) is 4.79 Å². The number of amides is 4. The summed E-state index contributed by atoms with van der Waals surface area (Å²) in [6.07, 6.45) is 1.32. The van der Waals surface area contributed by atoms with E-state index in [9.17, 15) is 19.2 Å². The molecule has 1 N–H and O–H groups in total. The first-order valence-electron chi connectivity index (χ1n) is 9.16. The molecule has 0 saturated carbocycles. The average molecular weight is 387 g/mol. The van der Waals surface area contributed by atoms with Gasteiger partial charge in [0.2, 0.25) is 11.8 Å². The topological polar surface area (TPSA) is 105 Å². The molecule has 2 fully saturated rings. The van der Waals surface area contributed by atoms with E-state index in [0.717, 1.165) is 0 Å². The molecule has 4 amide bonds. The molecular formula is C19H21N3O6. The lowest BCUT2D eigenvalue weighted by molar-refractivity contribution is -0.135. The van der Waals surface area contributed by atoms with Gasteiger partial charge in [0.1, 0.15) is 30.2 Å². The minimum Gasteiger partial charge on any atom is -0.497 e. The summed E-state index contributed by atoms with van der Waals surface area (Å²) in [5.41, 5.74) is -0.0801. The molecule has 1 spiro atoms. The number of carbonyl (C=O) groups excluding carboxylic acids is 4. The van der Waals surface area contributed by atoms with E-state index in [1.54, 1.807) is 30.2 Å². The number of hydrogen-bond acceptors (Lipinski definition) is 6. The lowest BCUT2D eigenvalue weighted by atomic mass is 9.82. The van der Waals surface area contributed by atoms with Crippen LogP contribution in [0.5, 0.6) is 11.5 Å². The van der Waals surface area contributed by atoms with Crippen LogP contribution in [0.3, 0.4) is 0 Å². The first-order valence-corrected chi connectivity index (χ1v) is 9.16. The van der Waals surface area contributed by atoms with Gasteiger partial charge in [-0.05, 0) is 12.1 Å². The summed E-state index contributed by atoms with van der Waals surface area (Å²) >= 11 is 0. The van der Waals surface area contributed by atoms with E-state index < -0.39 is 17.5 Å². The van der Waals surface area contributed by atoms with Gasteiger partial charge in [-0.1, -0.05) is 0 Å². The molecule has 9 nitrogen and oxygen atoms in total. The highest BCUT2D eigenvalue weighted by Gasteiger charge is 2.44. The maximum Gasteiger partial charge on any atom is 0.325 e. The second kappa shape index (κ2) is 6.81. The molecule has 148 valence electrons. The van der Waals surface area contributed by atoms with Crippen molar-refractivity contribution >= 4 is 23.6 Å². The van der Waals surface area contributed by atoms with Crippen LogP contribution in [0, 0.1) is 0 Å². The molecule has 0 aliphatic carbocycles. The summed E-state index contributed by atoms with van der Waals surface area (Å²) in [4.78, 5) is 50.8. The van der Waals surface area contributed by atoms with Crippen LogP contribution in [0.25, 0.3) is 0 Å². The van der Waals surface area contributed by atoms with Crippen molar-refractivity contribution in [1.82, 2.24) is 15.1 Å². The van der Waals surface area contributed by atoms with Crippen LogP contribution in [0.2, 0.25) is 0 Å². The van der Waals surface area contributed by atoms with Gasteiger partial charge in [0.15, 0.2) is 5.78 Å². The zero-order valence-electron chi connectivity index (χ0n) is 15.5. The fourth-order valence-corrected chi connectivity index (χ4v) is 3.92. The molecule has 0 radical (unpaired) electrons. The maximum absolute atomic E-state index is 12.6. The Morgan fingerprint density at radius 2 is 2.00 bits per heavy atom. The van der Waals surface area contributed by atoms with Crippen LogP contribution >= 0.6 is 0 Å².